The van der Waals surface area contributed by atoms with E-state index >= 15 is 0 Å². The Bertz CT molecular complexity index is 478. The molecule has 0 spiro atoms. The van der Waals surface area contributed by atoms with Crippen LogP contribution in [0, 0.1) is 0 Å². The highest BCUT2D eigenvalue weighted by atomic mass is 32.2. The molecule has 19 heavy (non-hydrogen) atoms. The summed E-state index contributed by atoms with van der Waals surface area (Å²) in [7, 11) is 0. The van der Waals surface area contributed by atoms with Crippen LogP contribution in [-0.2, 0) is 15.1 Å². The lowest BCUT2D eigenvalue weighted by Crippen LogP contribution is -2.63. The van der Waals surface area contributed by atoms with Gasteiger partial charge >= 0.3 is 0 Å². The quantitative estimate of drug-likeness (QED) is 0.901. The Labute approximate surface area is 117 Å². The molecular formula is C14H18N2O2S. The molecule has 1 aromatic rings. The van der Waals surface area contributed by atoms with Gasteiger partial charge in [0.15, 0.2) is 0 Å². The second-order valence-corrected chi connectivity index (χ2v) is 5.74. The van der Waals surface area contributed by atoms with Gasteiger partial charge in [-0.25, -0.2) is 0 Å². The molecule has 1 unspecified atom stereocenters. The molecule has 1 heterocycles. The summed E-state index contributed by atoms with van der Waals surface area (Å²) in [6, 6.07) is 9.39. The van der Waals surface area contributed by atoms with E-state index in [2.05, 4.69) is 5.32 Å². The summed E-state index contributed by atoms with van der Waals surface area (Å²) in [5.74, 6) is 0.698. The number of amides is 2. The number of benzene rings is 1. The lowest BCUT2D eigenvalue weighted by molar-refractivity contribution is -0.149. The summed E-state index contributed by atoms with van der Waals surface area (Å²) >= 11 is 1.67. The Morgan fingerprint density at radius 1 is 1.32 bits per heavy atom. The first-order chi connectivity index (χ1) is 9.08. The molecule has 2 rings (SSSR count). The summed E-state index contributed by atoms with van der Waals surface area (Å²) in [5.41, 5.74) is -0.128. The van der Waals surface area contributed by atoms with Crippen molar-refractivity contribution in [3.63, 3.8) is 0 Å². The third kappa shape index (κ3) is 2.76. The van der Waals surface area contributed by atoms with Crippen molar-refractivity contribution in [1.82, 2.24) is 10.2 Å². The number of thioether (sulfide) groups is 1. The zero-order valence-corrected chi connectivity index (χ0v) is 12.0. The molecule has 1 fully saturated rings. The van der Waals surface area contributed by atoms with Crippen LogP contribution in [0.5, 0.6) is 0 Å². The van der Waals surface area contributed by atoms with Gasteiger partial charge in [-0.2, -0.15) is 11.8 Å². The molecule has 0 saturated carbocycles. The molecule has 0 aromatic heterocycles. The highest BCUT2D eigenvalue weighted by Crippen LogP contribution is 2.26. The maximum Gasteiger partial charge on any atom is 0.253 e. The fourth-order valence-electron chi connectivity index (χ4n) is 2.28. The third-order valence-corrected chi connectivity index (χ3v) is 3.95. The lowest BCUT2D eigenvalue weighted by Gasteiger charge is -2.40. The van der Waals surface area contributed by atoms with E-state index in [-0.39, 0.29) is 18.4 Å². The fraction of sp³-hybridized carbons (Fsp3) is 0.429. The number of nitrogens with zero attached hydrogens (tertiary/aromatic N) is 1. The van der Waals surface area contributed by atoms with Crippen LogP contribution in [0.25, 0.3) is 0 Å². The van der Waals surface area contributed by atoms with Gasteiger partial charge < -0.3 is 10.2 Å². The molecule has 1 N–H and O–H groups in total. The van der Waals surface area contributed by atoms with Crippen molar-refractivity contribution >= 4 is 23.6 Å². The van der Waals surface area contributed by atoms with E-state index in [9.17, 15) is 9.59 Å². The average molecular weight is 278 g/mol. The molecule has 1 aliphatic rings. The largest absolute Gasteiger partial charge is 0.337 e. The minimum absolute atomic E-state index is 0.0349. The van der Waals surface area contributed by atoms with Gasteiger partial charge in [-0.15, -0.1) is 0 Å². The smallest absolute Gasteiger partial charge is 0.253 e. The first-order valence-electron chi connectivity index (χ1n) is 6.23. The molecule has 1 atom stereocenters. The molecule has 2 amide bonds. The minimum atomic E-state index is -0.949. The van der Waals surface area contributed by atoms with Crippen LogP contribution < -0.4 is 5.32 Å². The maximum atomic E-state index is 12.6. The lowest BCUT2D eigenvalue weighted by atomic mass is 9.88. The number of hydrogen-bond donors (Lipinski definition) is 1. The Morgan fingerprint density at radius 2 is 2.00 bits per heavy atom. The Morgan fingerprint density at radius 3 is 2.63 bits per heavy atom. The number of nitrogens with one attached hydrogen (secondary N) is 1. The molecular weight excluding hydrogens is 260 g/mol. The maximum absolute atomic E-state index is 12.6. The van der Waals surface area contributed by atoms with Crippen LogP contribution in [0.4, 0.5) is 0 Å². The van der Waals surface area contributed by atoms with Crippen molar-refractivity contribution in [2.45, 2.75) is 12.5 Å². The number of hydrogen-bond acceptors (Lipinski definition) is 3. The summed E-state index contributed by atoms with van der Waals surface area (Å²) in [5, 5.41) is 2.83. The normalized spacial score (nSPS) is 23.4. The predicted molar refractivity (Wildman–Crippen MR) is 76.9 cm³/mol. The van der Waals surface area contributed by atoms with Crippen LogP contribution in [-0.4, -0.2) is 41.8 Å². The SMILES string of the molecule is CSCCN1CC(=O)NC(C)(c2ccccc2)C1=O. The highest BCUT2D eigenvalue weighted by molar-refractivity contribution is 7.98. The third-order valence-electron chi connectivity index (χ3n) is 3.36. The Hall–Kier alpha value is -1.49. The molecule has 5 heteroatoms. The van der Waals surface area contributed by atoms with Gasteiger partial charge in [0.25, 0.3) is 5.91 Å². The van der Waals surface area contributed by atoms with Gasteiger partial charge in [0.2, 0.25) is 5.91 Å². The first kappa shape index (κ1) is 13.9. The number of carbonyl (C=O) groups is 2. The van der Waals surface area contributed by atoms with Gasteiger partial charge in [-0.3, -0.25) is 9.59 Å². The second kappa shape index (κ2) is 5.65. The van der Waals surface area contributed by atoms with Crippen molar-refractivity contribution in [3.8, 4) is 0 Å². The van der Waals surface area contributed by atoms with Crippen molar-refractivity contribution in [2.24, 2.45) is 0 Å². The average Bonchev–Trinajstić information content (AvgIpc) is 2.42. The predicted octanol–water partition coefficient (Wildman–Crippen LogP) is 1.22. The highest BCUT2D eigenvalue weighted by Gasteiger charge is 2.43. The molecule has 1 aliphatic heterocycles. The summed E-state index contributed by atoms with van der Waals surface area (Å²) < 4.78 is 0. The summed E-state index contributed by atoms with van der Waals surface area (Å²) in [4.78, 5) is 26.1. The van der Waals surface area contributed by atoms with Crippen molar-refractivity contribution < 1.29 is 9.59 Å². The number of piperazine rings is 1. The molecule has 1 saturated heterocycles. The number of carbonyl (C=O) groups excluding carboxylic acids is 2. The van der Waals surface area contributed by atoms with Gasteiger partial charge in [-0.05, 0) is 18.7 Å². The fourth-order valence-corrected chi connectivity index (χ4v) is 2.69. The van der Waals surface area contributed by atoms with Crippen LogP contribution >= 0.6 is 11.8 Å². The first-order valence-corrected chi connectivity index (χ1v) is 7.62. The van der Waals surface area contributed by atoms with Gasteiger partial charge in [-0.1, -0.05) is 30.3 Å². The van der Waals surface area contributed by atoms with Gasteiger partial charge in [0.05, 0.1) is 6.54 Å². The van der Waals surface area contributed by atoms with Gasteiger partial charge in [0.1, 0.15) is 5.54 Å². The van der Waals surface area contributed by atoms with E-state index in [0.717, 1.165) is 11.3 Å². The van der Waals surface area contributed by atoms with E-state index in [4.69, 9.17) is 0 Å². The molecule has 4 nitrogen and oxygen atoms in total. The van der Waals surface area contributed by atoms with Crippen molar-refractivity contribution in [1.29, 1.82) is 0 Å². The number of rotatable bonds is 4. The standard InChI is InChI=1S/C14H18N2O2S/c1-14(11-6-4-3-5-7-11)13(18)16(8-9-19-2)10-12(17)15-14/h3-7H,8-10H2,1-2H3,(H,15,17). The van der Waals surface area contributed by atoms with Crippen molar-refractivity contribution in [3.05, 3.63) is 35.9 Å². The molecule has 1 aromatic carbocycles. The van der Waals surface area contributed by atoms with Crippen LogP contribution in [0.1, 0.15) is 12.5 Å². The molecule has 0 bridgehead atoms. The molecule has 102 valence electrons. The monoisotopic (exact) mass is 278 g/mol. The zero-order valence-electron chi connectivity index (χ0n) is 11.2. The van der Waals surface area contributed by atoms with Crippen LogP contribution in [0.15, 0.2) is 30.3 Å². The second-order valence-electron chi connectivity index (χ2n) is 4.76. The van der Waals surface area contributed by atoms with Crippen LogP contribution in [0.3, 0.4) is 0 Å². The topological polar surface area (TPSA) is 49.4 Å². The minimum Gasteiger partial charge on any atom is -0.337 e. The van der Waals surface area contributed by atoms with E-state index < -0.39 is 5.54 Å². The van der Waals surface area contributed by atoms with E-state index in [1.165, 1.54) is 0 Å². The van der Waals surface area contributed by atoms with E-state index in [1.807, 2.05) is 36.6 Å². The summed E-state index contributed by atoms with van der Waals surface area (Å²) in [6.07, 6.45) is 1.99. The molecule has 0 aliphatic carbocycles. The van der Waals surface area contributed by atoms with Crippen LogP contribution in [0.2, 0.25) is 0 Å². The van der Waals surface area contributed by atoms with E-state index in [0.29, 0.717) is 6.54 Å². The van der Waals surface area contributed by atoms with Crippen molar-refractivity contribution in [2.75, 3.05) is 25.1 Å². The van der Waals surface area contributed by atoms with E-state index in [1.54, 1.807) is 23.6 Å². The Balaban J connectivity index is 2.28. The molecule has 0 radical (unpaired) electrons. The summed E-state index contributed by atoms with van der Waals surface area (Å²) in [6.45, 7) is 2.53. The van der Waals surface area contributed by atoms with Gasteiger partial charge in [0, 0.05) is 12.3 Å². The Kier molecular flexibility index (Phi) is 4.14. The zero-order chi connectivity index (χ0) is 13.9.